The van der Waals surface area contributed by atoms with Crippen LogP contribution in [0, 0.1) is 6.92 Å². The lowest BCUT2D eigenvalue weighted by Gasteiger charge is -2.40. The minimum absolute atomic E-state index is 0.0492. The maximum atomic E-state index is 12.3. The van der Waals surface area contributed by atoms with E-state index in [9.17, 15) is 4.79 Å². The molecule has 1 aliphatic heterocycles. The smallest absolute Gasteiger partial charge is 0.410 e. The van der Waals surface area contributed by atoms with Gasteiger partial charge in [0.05, 0.1) is 0 Å². The van der Waals surface area contributed by atoms with E-state index in [2.05, 4.69) is 20.2 Å². The molecule has 8 nitrogen and oxygen atoms in total. The lowest BCUT2D eigenvalue weighted by Crippen LogP contribution is -2.55. The van der Waals surface area contributed by atoms with Crippen molar-refractivity contribution in [2.45, 2.75) is 46.3 Å². The zero-order valence-corrected chi connectivity index (χ0v) is 14.9. The Labute approximate surface area is 141 Å². The Bertz CT molecular complexity index is 751. The molecular weight excluding hydrogens is 308 g/mol. The standard InChI is InChI=1S/C16H24N6O2/c1-11-10-20(8-9-21(11)15(23)24-16(3,4)5)14-7-6-13-18-17-12(2)22(13)19-14/h6-7,11H,8-10H2,1-5H3/t11-/m1/s1. The maximum Gasteiger partial charge on any atom is 0.410 e. The molecule has 1 aliphatic rings. The van der Waals surface area contributed by atoms with Crippen LogP contribution >= 0.6 is 0 Å². The van der Waals surface area contributed by atoms with Crippen LogP contribution in [0.15, 0.2) is 12.1 Å². The largest absolute Gasteiger partial charge is 0.444 e. The van der Waals surface area contributed by atoms with E-state index in [1.54, 1.807) is 9.42 Å². The Hall–Kier alpha value is -2.38. The lowest BCUT2D eigenvalue weighted by atomic mass is 10.2. The highest BCUT2D eigenvalue weighted by molar-refractivity contribution is 5.69. The first-order valence-electron chi connectivity index (χ1n) is 8.18. The molecule has 1 atom stereocenters. The van der Waals surface area contributed by atoms with E-state index < -0.39 is 5.60 Å². The van der Waals surface area contributed by atoms with Gasteiger partial charge in [0.1, 0.15) is 11.4 Å². The first kappa shape index (κ1) is 16.5. The fourth-order valence-corrected chi connectivity index (χ4v) is 2.81. The third-order valence-corrected chi connectivity index (χ3v) is 3.98. The molecule has 0 aliphatic carbocycles. The molecule has 0 aromatic carbocycles. The molecule has 0 N–H and O–H groups in total. The van der Waals surface area contributed by atoms with Crippen LogP contribution in [-0.4, -0.2) is 62.1 Å². The van der Waals surface area contributed by atoms with E-state index in [0.717, 1.165) is 17.3 Å². The van der Waals surface area contributed by atoms with Crippen molar-refractivity contribution >= 4 is 17.6 Å². The van der Waals surface area contributed by atoms with Gasteiger partial charge in [-0.15, -0.1) is 15.3 Å². The van der Waals surface area contributed by atoms with Gasteiger partial charge in [0, 0.05) is 25.7 Å². The van der Waals surface area contributed by atoms with Crippen molar-refractivity contribution in [3.8, 4) is 0 Å². The van der Waals surface area contributed by atoms with Gasteiger partial charge < -0.3 is 14.5 Å². The summed E-state index contributed by atoms with van der Waals surface area (Å²) in [4.78, 5) is 16.3. The Kier molecular flexibility index (Phi) is 4.06. The average Bonchev–Trinajstić information content (AvgIpc) is 2.86. The number of rotatable bonds is 1. The highest BCUT2D eigenvalue weighted by Gasteiger charge is 2.31. The van der Waals surface area contributed by atoms with Gasteiger partial charge in [-0.25, -0.2) is 4.79 Å². The predicted molar refractivity (Wildman–Crippen MR) is 90.1 cm³/mol. The van der Waals surface area contributed by atoms with Crippen molar-refractivity contribution < 1.29 is 9.53 Å². The number of piperazine rings is 1. The number of aryl methyl sites for hydroxylation is 1. The van der Waals surface area contributed by atoms with E-state index >= 15 is 0 Å². The molecule has 3 rings (SSSR count). The molecule has 24 heavy (non-hydrogen) atoms. The van der Waals surface area contributed by atoms with Gasteiger partial charge in [-0.2, -0.15) is 4.52 Å². The maximum absolute atomic E-state index is 12.3. The quantitative estimate of drug-likeness (QED) is 0.794. The number of nitrogens with zero attached hydrogens (tertiary/aromatic N) is 6. The van der Waals surface area contributed by atoms with Crippen LogP contribution in [0.4, 0.5) is 10.6 Å². The summed E-state index contributed by atoms with van der Waals surface area (Å²) >= 11 is 0. The Morgan fingerprint density at radius 2 is 2.00 bits per heavy atom. The molecule has 0 radical (unpaired) electrons. The molecule has 8 heteroatoms. The van der Waals surface area contributed by atoms with Gasteiger partial charge >= 0.3 is 6.09 Å². The lowest BCUT2D eigenvalue weighted by molar-refractivity contribution is 0.0158. The minimum atomic E-state index is -0.480. The molecule has 0 unspecified atom stereocenters. The number of aromatic nitrogens is 4. The number of carbonyl (C=O) groups excluding carboxylic acids is 1. The van der Waals surface area contributed by atoms with Crippen LogP contribution in [0.3, 0.4) is 0 Å². The molecule has 2 aromatic heterocycles. The van der Waals surface area contributed by atoms with E-state index in [1.165, 1.54) is 0 Å². The molecule has 1 amide bonds. The molecule has 1 fully saturated rings. The van der Waals surface area contributed by atoms with Crippen molar-refractivity contribution in [3.63, 3.8) is 0 Å². The second-order valence-corrected chi connectivity index (χ2v) is 7.18. The monoisotopic (exact) mass is 332 g/mol. The Morgan fingerprint density at radius 1 is 1.25 bits per heavy atom. The minimum Gasteiger partial charge on any atom is -0.444 e. The number of hydrogen-bond donors (Lipinski definition) is 0. The fraction of sp³-hybridized carbons (Fsp3) is 0.625. The molecule has 130 valence electrons. The Morgan fingerprint density at radius 3 is 2.67 bits per heavy atom. The van der Waals surface area contributed by atoms with Gasteiger partial charge in [0.15, 0.2) is 11.5 Å². The van der Waals surface area contributed by atoms with E-state index in [0.29, 0.717) is 19.6 Å². The zero-order valence-electron chi connectivity index (χ0n) is 14.9. The molecule has 0 bridgehead atoms. The predicted octanol–water partition coefficient (Wildman–Crippen LogP) is 1.88. The number of ether oxygens (including phenoxy) is 1. The zero-order chi connectivity index (χ0) is 17.5. The van der Waals surface area contributed by atoms with Crippen LogP contribution in [0.5, 0.6) is 0 Å². The van der Waals surface area contributed by atoms with Crippen molar-refractivity contribution in [2.75, 3.05) is 24.5 Å². The second-order valence-electron chi connectivity index (χ2n) is 7.18. The highest BCUT2D eigenvalue weighted by Crippen LogP contribution is 2.20. The van der Waals surface area contributed by atoms with Crippen LogP contribution < -0.4 is 4.90 Å². The number of carbonyl (C=O) groups is 1. The summed E-state index contributed by atoms with van der Waals surface area (Å²) in [6.45, 7) is 11.6. The van der Waals surface area contributed by atoms with Gasteiger partial charge in [-0.1, -0.05) is 0 Å². The first-order chi connectivity index (χ1) is 11.2. The summed E-state index contributed by atoms with van der Waals surface area (Å²) in [7, 11) is 0. The van der Waals surface area contributed by atoms with Crippen molar-refractivity contribution in [1.82, 2.24) is 24.7 Å². The SMILES string of the molecule is Cc1nnc2ccc(N3CCN(C(=O)OC(C)(C)C)[C@H](C)C3)nn12. The van der Waals surface area contributed by atoms with Crippen LogP contribution in [0.25, 0.3) is 5.65 Å². The molecule has 0 spiro atoms. The summed E-state index contributed by atoms with van der Waals surface area (Å²) in [5, 5.41) is 12.7. The van der Waals surface area contributed by atoms with Gasteiger partial charge in [-0.3, -0.25) is 0 Å². The molecule has 0 saturated carbocycles. The highest BCUT2D eigenvalue weighted by atomic mass is 16.6. The van der Waals surface area contributed by atoms with E-state index in [1.807, 2.05) is 46.8 Å². The molecule has 2 aromatic rings. The normalized spacial score (nSPS) is 19.0. The third-order valence-electron chi connectivity index (χ3n) is 3.98. The second kappa shape index (κ2) is 5.92. The summed E-state index contributed by atoms with van der Waals surface area (Å²) in [6.07, 6.45) is -0.257. The van der Waals surface area contributed by atoms with Crippen molar-refractivity contribution in [1.29, 1.82) is 0 Å². The van der Waals surface area contributed by atoms with Crippen LogP contribution in [-0.2, 0) is 4.74 Å². The van der Waals surface area contributed by atoms with E-state index in [-0.39, 0.29) is 12.1 Å². The van der Waals surface area contributed by atoms with Gasteiger partial charge in [0.25, 0.3) is 0 Å². The topological polar surface area (TPSA) is 75.9 Å². The number of fused-ring (bicyclic) bond motifs is 1. The molecule has 3 heterocycles. The van der Waals surface area contributed by atoms with Crippen molar-refractivity contribution in [2.24, 2.45) is 0 Å². The average molecular weight is 332 g/mol. The first-order valence-corrected chi connectivity index (χ1v) is 8.18. The molecule has 1 saturated heterocycles. The summed E-state index contributed by atoms with van der Waals surface area (Å²) < 4.78 is 7.22. The molecular formula is C16H24N6O2. The van der Waals surface area contributed by atoms with Gasteiger partial charge in [0.2, 0.25) is 0 Å². The van der Waals surface area contributed by atoms with Gasteiger partial charge in [-0.05, 0) is 46.8 Å². The number of hydrogen-bond acceptors (Lipinski definition) is 6. The van der Waals surface area contributed by atoms with E-state index in [4.69, 9.17) is 4.74 Å². The summed E-state index contributed by atoms with van der Waals surface area (Å²) in [5.41, 5.74) is 0.253. The van der Waals surface area contributed by atoms with Crippen LogP contribution in [0.2, 0.25) is 0 Å². The fourth-order valence-electron chi connectivity index (χ4n) is 2.81. The number of anilines is 1. The number of amides is 1. The Balaban J connectivity index is 1.72. The van der Waals surface area contributed by atoms with Crippen molar-refractivity contribution in [3.05, 3.63) is 18.0 Å². The summed E-state index contributed by atoms with van der Waals surface area (Å²) in [5.74, 6) is 1.62. The summed E-state index contributed by atoms with van der Waals surface area (Å²) in [6, 6.07) is 3.90. The third kappa shape index (κ3) is 3.27. The van der Waals surface area contributed by atoms with Crippen LogP contribution in [0.1, 0.15) is 33.5 Å².